The maximum absolute atomic E-state index is 12.8. The Hall–Kier alpha value is -1.40. The topological polar surface area (TPSA) is 32.8 Å². The number of carbonyl (C=O) groups is 1. The first kappa shape index (κ1) is 13.0. The molecule has 1 atom stereocenters. The van der Waals surface area contributed by atoms with Gasteiger partial charge in [-0.3, -0.25) is 4.79 Å². The number of halogens is 1. The number of likely N-dealkylation sites (N-methyl/N-ethyl adjacent to an activating group) is 1. The van der Waals surface area contributed by atoms with Crippen molar-refractivity contribution in [1.29, 1.82) is 0 Å². The Morgan fingerprint density at radius 2 is 2.17 bits per heavy atom. The number of nitrogens with zero attached hydrogens (tertiary/aromatic N) is 2. The lowest BCUT2D eigenvalue weighted by molar-refractivity contribution is -0.126. The molecule has 1 fully saturated rings. The molecule has 0 saturated carbocycles. The van der Waals surface area contributed by atoms with E-state index >= 15 is 0 Å². The third-order valence-corrected chi connectivity index (χ3v) is 3.00. The number of anilines is 1. The highest BCUT2D eigenvalue weighted by Gasteiger charge is 2.29. The molecule has 1 aromatic rings. The van der Waals surface area contributed by atoms with Gasteiger partial charge in [-0.25, -0.2) is 4.39 Å². The van der Waals surface area contributed by atoms with Gasteiger partial charge in [-0.15, -0.1) is 0 Å². The highest BCUT2D eigenvalue weighted by Crippen LogP contribution is 2.16. The third-order valence-electron chi connectivity index (χ3n) is 3.00. The number of benzene rings is 1. The van der Waals surface area contributed by atoms with Gasteiger partial charge in [-0.1, -0.05) is 0 Å². The molecule has 18 heavy (non-hydrogen) atoms. The Morgan fingerprint density at radius 3 is 2.78 bits per heavy atom. The number of morpholine rings is 1. The Bertz CT molecular complexity index is 427. The highest BCUT2D eigenvalue weighted by molar-refractivity contribution is 6.08. The first-order chi connectivity index (χ1) is 8.59. The zero-order chi connectivity index (χ0) is 13.1. The lowest BCUT2D eigenvalue weighted by Crippen LogP contribution is -2.53. The van der Waals surface area contributed by atoms with Crippen LogP contribution in [-0.2, 0) is 9.53 Å². The van der Waals surface area contributed by atoms with E-state index in [1.807, 2.05) is 0 Å². The maximum atomic E-state index is 12.8. The Kier molecular flexibility index (Phi) is 3.99. The highest BCUT2D eigenvalue weighted by atomic mass is 19.1. The van der Waals surface area contributed by atoms with Crippen LogP contribution in [0.4, 0.5) is 10.1 Å². The second kappa shape index (κ2) is 5.50. The molecule has 0 aliphatic carbocycles. The van der Waals surface area contributed by atoms with Crippen LogP contribution < -0.4 is 4.90 Å². The summed E-state index contributed by atoms with van der Waals surface area (Å²) in [5.74, 6) is -0.496. The monoisotopic (exact) mass is 248 g/mol. The standard InChI is InChI=1S/C12H14BFN2O2/c1-15(10-4-2-9(14)3-5-10)12(17)11-8-18-7-6-16(11)13/h2-5,11H,6-8H2,1H3. The molecule has 1 aliphatic heterocycles. The minimum Gasteiger partial charge on any atom is -0.378 e. The van der Waals surface area contributed by atoms with Crippen molar-refractivity contribution in [2.24, 2.45) is 0 Å². The van der Waals surface area contributed by atoms with Crippen molar-refractivity contribution in [2.75, 3.05) is 31.7 Å². The predicted molar refractivity (Wildman–Crippen MR) is 66.9 cm³/mol. The molecule has 0 bridgehead atoms. The van der Waals surface area contributed by atoms with Crippen LogP contribution in [0.2, 0.25) is 0 Å². The largest absolute Gasteiger partial charge is 0.378 e. The van der Waals surface area contributed by atoms with Crippen molar-refractivity contribution < 1.29 is 13.9 Å². The van der Waals surface area contributed by atoms with E-state index in [0.717, 1.165) is 0 Å². The van der Waals surface area contributed by atoms with Crippen LogP contribution in [0.3, 0.4) is 0 Å². The molecule has 1 aliphatic rings. The number of rotatable bonds is 2. The second-order valence-corrected chi connectivity index (χ2v) is 4.20. The van der Waals surface area contributed by atoms with Crippen LogP contribution in [0.25, 0.3) is 0 Å². The summed E-state index contributed by atoms with van der Waals surface area (Å²) in [7, 11) is 7.40. The summed E-state index contributed by atoms with van der Waals surface area (Å²) in [4.78, 5) is 15.2. The van der Waals surface area contributed by atoms with E-state index in [1.165, 1.54) is 21.8 Å². The normalized spacial score (nSPS) is 20.7. The molecule has 4 nitrogen and oxygen atoms in total. The van der Waals surface area contributed by atoms with E-state index in [-0.39, 0.29) is 18.3 Å². The molecule has 0 aromatic heterocycles. The van der Waals surface area contributed by atoms with Crippen molar-refractivity contribution in [2.45, 2.75) is 6.04 Å². The van der Waals surface area contributed by atoms with Gasteiger partial charge in [0, 0.05) is 19.3 Å². The molecule has 1 heterocycles. The number of ether oxygens (including phenoxy) is 1. The molecule has 0 N–H and O–H groups in total. The fourth-order valence-corrected chi connectivity index (χ4v) is 1.85. The quantitative estimate of drug-likeness (QED) is 0.717. The minimum atomic E-state index is -0.492. The molecule has 2 radical (unpaired) electrons. The van der Waals surface area contributed by atoms with Gasteiger partial charge in [0.25, 0.3) is 0 Å². The number of hydrogen-bond acceptors (Lipinski definition) is 3. The van der Waals surface area contributed by atoms with Gasteiger partial charge in [-0.2, -0.15) is 0 Å². The van der Waals surface area contributed by atoms with Crippen LogP contribution in [0.15, 0.2) is 24.3 Å². The van der Waals surface area contributed by atoms with Crippen LogP contribution in [0.1, 0.15) is 0 Å². The van der Waals surface area contributed by atoms with Crippen LogP contribution in [0.5, 0.6) is 0 Å². The number of hydrogen-bond donors (Lipinski definition) is 0. The molecular weight excluding hydrogens is 234 g/mol. The SMILES string of the molecule is [B]N1CCOCC1C(=O)N(C)c1ccc(F)cc1. The molecule has 1 saturated heterocycles. The van der Waals surface area contributed by atoms with Crippen molar-refractivity contribution in [3.8, 4) is 0 Å². The van der Waals surface area contributed by atoms with Gasteiger partial charge in [-0.05, 0) is 24.3 Å². The van der Waals surface area contributed by atoms with E-state index in [0.29, 0.717) is 18.8 Å². The fourth-order valence-electron chi connectivity index (χ4n) is 1.85. The van der Waals surface area contributed by atoms with E-state index in [1.54, 1.807) is 19.2 Å². The molecule has 2 rings (SSSR count). The van der Waals surface area contributed by atoms with Crippen molar-refractivity contribution >= 4 is 19.6 Å². The number of carbonyl (C=O) groups excluding carboxylic acids is 1. The molecule has 1 aromatic carbocycles. The molecule has 1 amide bonds. The van der Waals surface area contributed by atoms with E-state index in [4.69, 9.17) is 12.7 Å². The van der Waals surface area contributed by atoms with Gasteiger partial charge in [0.15, 0.2) is 7.98 Å². The lowest BCUT2D eigenvalue weighted by atomic mass is 10.1. The van der Waals surface area contributed by atoms with Gasteiger partial charge < -0.3 is 14.4 Å². The van der Waals surface area contributed by atoms with Crippen LogP contribution in [0, 0.1) is 5.82 Å². The smallest absolute Gasteiger partial charge is 0.245 e. The molecular formula is C12H14BFN2O2. The third kappa shape index (κ3) is 2.71. The predicted octanol–water partition coefficient (Wildman–Crippen LogP) is 0.573. The Labute approximate surface area is 107 Å². The van der Waals surface area contributed by atoms with Gasteiger partial charge >= 0.3 is 0 Å². The molecule has 94 valence electrons. The van der Waals surface area contributed by atoms with Gasteiger partial charge in [0.2, 0.25) is 5.91 Å². The van der Waals surface area contributed by atoms with Crippen molar-refractivity contribution in [3.63, 3.8) is 0 Å². The molecule has 1 unspecified atom stereocenters. The summed E-state index contributed by atoms with van der Waals surface area (Å²) in [6, 6.07) is 5.25. The van der Waals surface area contributed by atoms with Crippen molar-refractivity contribution in [1.82, 2.24) is 4.81 Å². The van der Waals surface area contributed by atoms with E-state index in [9.17, 15) is 9.18 Å². The summed E-state index contributed by atoms with van der Waals surface area (Å²) in [5.41, 5.74) is 0.625. The van der Waals surface area contributed by atoms with Gasteiger partial charge in [0.05, 0.1) is 13.2 Å². The fraction of sp³-hybridized carbons (Fsp3) is 0.417. The summed E-state index contributed by atoms with van der Waals surface area (Å²) < 4.78 is 18.1. The first-order valence-corrected chi connectivity index (χ1v) is 5.72. The van der Waals surface area contributed by atoms with E-state index in [2.05, 4.69) is 0 Å². The second-order valence-electron chi connectivity index (χ2n) is 4.20. The Morgan fingerprint density at radius 1 is 1.50 bits per heavy atom. The molecule has 6 heteroatoms. The molecule has 0 spiro atoms. The summed E-state index contributed by atoms with van der Waals surface area (Å²) >= 11 is 0. The van der Waals surface area contributed by atoms with Crippen molar-refractivity contribution in [3.05, 3.63) is 30.1 Å². The zero-order valence-electron chi connectivity index (χ0n) is 10.2. The lowest BCUT2D eigenvalue weighted by Gasteiger charge is -2.34. The average molecular weight is 248 g/mol. The summed E-state index contributed by atoms with van der Waals surface area (Å²) in [6.45, 7) is 1.33. The van der Waals surface area contributed by atoms with Crippen LogP contribution >= 0.6 is 0 Å². The number of amides is 1. The minimum absolute atomic E-state index is 0.163. The zero-order valence-corrected chi connectivity index (χ0v) is 10.2. The maximum Gasteiger partial charge on any atom is 0.245 e. The van der Waals surface area contributed by atoms with Crippen LogP contribution in [-0.4, -0.2) is 51.5 Å². The van der Waals surface area contributed by atoms with Gasteiger partial charge in [0.1, 0.15) is 11.9 Å². The first-order valence-electron chi connectivity index (χ1n) is 5.72. The van der Waals surface area contributed by atoms with E-state index < -0.39 is 6.04 Å². The average Bonchev–Trinajstić information content (AvgIpc) is 2.38. The Balaban J connectivity index is 2.10. The summed E-state index contributed by atoms with van der Waals surface area (Å²) in [5, 5.41) is 0. The summed E-state index contributed by atoms with van der Waals surface area (Å²) in [6.07, 6.45) is 0.